The number of methoxy groups -OCH3 is 1. The summed E-state index contributed by atoms with van der Waals surface area (Å²) in [5.41, 5.74) is 3.47. The summed E-state index contributed by atoms with van der Waals surface area (Å²) in [4.78, 5) is 40.5. The van der Waals surface area contributed by atoms with Crippen LogP contribution in [-0.2, 0) is 20.7 Å². The molecule has 38 heavy (non-hydrogen) atoms. The Morgan fingerprint density at radius 3 is 2.53 bits per heavy atom. The van der Waals surface area contributed by atoms with Gasteiger partial charge in [0, 0.05) is 25.7 Å². The van der Waals surface area contributed by atoms with Gasteiger partial charge in [-0.05, 0) is 37.0 Å². The van der Waals surface area contributed by atoms with Gasteiger partial charge in [-0.2, -0.15) is 0 Å². The zero-order valence-corrected chi connectivity index (χ0v) is 21.7. The number of hydrogen-bond donors (Lipinski definition) is 1. The molecule has 1 saturated heterocycles. The average Bonchev–Trinajstić information content (AvgIpc) is 3.53. The number of nitrogens with zero attached hydrogens (tertiary/aromatic N) is 1. The van der Waals surface area contributed by atoms with Crippen LogP contribution in [0.1, 0.15) is 59.2 Å². The number of aryl methyl sites for hydroxylation is 2. The Bertz CT molecular complexity index is 1270. The number of imide groups is 1. The van der Waals surface area contributed by atoms with Gasteiger partial charge in [0.2, 0.25) is 11.9 Å². The summed E-state index contributed by atoms with van der Waals surface area (Å²) in [6.07, 6.45) is 1.59. The molecule has 8 heteroatoms. The molecule has 2 atom stereocenters. The SMILES string of the molecule is COC(C(=O)c1cc(-c2cccc(C)c2)c(CCCCCCO)o1)C(=O)N1C(=O)OCC1c1ccccc1. The monoisotopic (exact) mass is 519 g/mol. The largest absolute Gasteiger partial charge is 0.457 e. The maximum absolute atomic E-state index is 13.6. The molecule has 1 N–H and O–H groups in total. The molecule has 0 saturated carbocycles. The third-order valence-corrected chi connectivity index (χ3v) is 6.69. The summed E-state index contributed by atoms with van der Waals surface area (Å²) in [7, 11) is 1.26. The van der Waals surface area contributed by atoms with Gasteiger partial charge < -0.3 is 19.0 Å². The van der Waals surface area contributed by atoms with Crippen LogP contribution in [0.4, 0.5) is 4.79 Å². The van der Waals surface area contributed by atoms with Gasteiger partial charge in [0.25, 0.3) is 5.91 Å². The molecule has 2 heterocycles. The van der Waals surface area contributed by atoms with E-state index < -0.39 is 29.9 Å². The topological polar surface area (TPSA) is 106 Å². The number of aliphatic hydroxyl groups excluding tert-OH is 1. The Morgan fingerprint density at radius 2 is 1.82 bits per heavy atom. The first kappa shape index (κ1) is 27.3. The highest BCUT2D eigenvalue weighted by Gasteiger charge is 2.44. The molecule has 0 aliphatic carbocycles. The van der Waals surface area contributed by atoms with Crippen molar-refractivity contribution in [1.29, 1.82) is 0 Å². The maximum Gasteiger partial charge on any atom is 0.417 e. The standard InChI is InChI=1S/C30H33NO7/c1-20-11-10-14-22(17-20)23-18-26(38-25(23)15-8-3-4-9-16-32)27(33)28(36-2)29(34)31-24(19-37-30(31)35)21-12-6-5-7-13-21/h5-7,10-14,17-18,24,28,32H,3-4,8-9,15-16,19H2,1-2H3. The third kappa shape index (κ3) is 6.03. The molecule has 200 valence electrons. The van der Waals surface area contributed by atoms with E-state index in [0.717, 1.165) is 52.8 Å². The fraction of sp³-hybridized carbons (Fsp3) is 0.367. The first-order chi connectivity index (χ1) is 18.4. The van der Waals surface area contributed by atoms with Gasteiger partial charge in [0.15, 0.2) is 5.76 Å². The van der Waals surface area contributed by atoms with Crippen LogP contribution in [0, 0.1) is 6.92 Å². The number of carbonyl (C=O) groups is 3. The predicted octanol–water partition coefficient (Wildman–Crippen LogP) is 5.27. The lowest BCUT2D eigenvalue weighted by Gasteiger charge is -2.23. The number of ether oxygens (including phenoxy) is 2. The Labute approximate surface area is 222 Å². The zero-order valence-electron chi connectivity index (χ0n) is 21.7. The first-order valence-electron chi connectivity index (χ1n) is 12.9. The number of cyclic esters (lactones) is 1. The number of hydrogen-bond acceptors (Lipinski definition) is 7. The third-order valence-electron chi connectivity index (χ3n) is 6.69. The summed E-state index contributed by atoms with van der Waals surface area (Å²) in [6.45, 7) is 2.15. The van der Waals surface area contributed by atoms with E-state index >= 15 is 0 Å². The predicted molar refractivity (Wildman–Crippen MR) is 141 cm³/mol. The first-order valence-corrected chi connectivity index (χ1v) is 12.9. The van der Waals surface area contributed by atoms with Crippen molar-refractivity contribution >= 4 is 17.8 Å². The number of aliphatic hydroxyl groups is 1. The van der Waals surface area contributed by atoms with Crippen molar-refractivity contribution < 1.29 is 33.4 Å². The van der Waals surface area contributed by atoms with Crippen LogP contribution >= 0.6 is 0 Å². The van der Waals surface area contributed by atoms with E-state index in [0.29, 0.717) is 12.2 Å². The molecule has 0 bridgehead atoms. The van der Waals surface area contributed by atoms with Crippen LogP contribution in [0.3, 0.4) is 0 Å². The van der Waals surface area contributed by atoms with Crippen molar-refractivity contribution in [2.24, 2.45) is 0 Å². The van der Waals surface area contributed by atoms with Crippen LogP contribution in [-0.4, -0.2) is 54.2 Å². The second-order valence-corrected chi connectivity index (χ2v) is 9.40. The molecule has 1 fully saturated rings. The van der Waals surface area contributed by atoms with Crippen molar-refractivity contribution in [3.63, 3.8) is 0 Å². The van der Waals surface area contributed by atoms with E-state index in [4.69, 9.17) is 19.0 Å². The number of unbranched alkanes of at least 4 members (excludes halogenated alkanes) is 3. The molecular weight excluding hydrogens is 486 g/mol. The second kappa shape index (κ2) is 12.7. The number of ketones is 1. The summed E-state index contributed by atoms with van der Waals surface area (Å²) >= 11 is 0. The molecule has 1 aliphatic heterocycles. The van der Waals surface area contributed by atoms with Crippen LogP contribution < -0.4 is 0 Å². The molecule has 2 unspecified atom stereocenters. The van der Waals surface area contributed by atoms with Gasteiger partial charge in [0.05, 0.1) is 0 Å². The summed E-state index contributed by atoms with van der Waals surface area (Å²) in [6, 6.07) is 17.9. The average molecular weight is 520 g/mol. The molecule has 2 aromatic carbocycles. The van der Waals surface area contributed by atoms with Crippen molar-refractivity contribution in [2.45, 2.75) is 51.2 Å². The number of Topliss-reactive ketones (excluding diaryl/α,β-unsaturated/α-hetero) is 1. The van der Waals surface area contributed by atoms with Gasteiger partial charge in [-0.1, -0.05) is 73.0 Å². The Balaban J connectivity index is 1.60. The highest BCUT2D eigenvalue weighted by Crippen LogP contribution is 2.32. The normalized spacial score (nSPS) is 15.9. The molecular formula is C30H33NO7. The van der Waals surface area contributed by atoms with E-state index in [2.05, 4.69) is 0 Å². The zero-order chi connectivity index (χ0) is 27.1. The van der Waals surface area contributed by atoms with E-state index in [1.54, 1.807) is 30.3 Å². The minimum absolute atomic E-state index is 0.00208. The van der Waals surface area contributed by atoms with E-state index in [9.17, 15) is 14.4 Å². The van der Waals surface area contributed by atoms with Crippen LogP contribution in [0.2, 0.25) is 0 Å². The minimum Gasteiger partial charge on any atom is -0.457 e. The fourth-order valence-electron chi connectivity index (χ4n) is 4.70. The van der Waals surface area contributed by atoms with Crippen molar-refractivity contribution in [2.75, 3.05) is 20.3 Å². The number of amides is 2. The van der Waals surface area contributed by atoms with Crippen LogP contribution in [0.15, 0.2) is 65.1 Å². The van der Waals surface area contributed by atoms with Gasteiger partial charge in [-0.3, -0.25) is 9.59 Å². The Hall–Kier alpha value is -3.75. The van der Waals surface area contributed by atoms with Crippen molar-refractivity contribution in [3.8, 4) is 11.1 Å². The maximum atomic E-state index is 13.6. The molecule has 3 aromatic rings. The Kier molecular flexibility index (Phi) is 9.10. The molecule has 0 spiro atoms. The highest BCUT2D eigenvalue weighted by atomic mass is 16.6. The van der Waals surface area contributed by atoms with Gasteiger partial charge in [-0.25, -0.2) is 9.69 Å². The number of rotatable bonds is 12. The lowest BCUT2D eigenvalue weighted by atomic mass is 10.00. The van der Waals surface area contributed by atoms with Crippen LogP contribution in [0.25, 0.3) is 11.1 Å². The Morgan fingerprint density at radius 1 is 1.05 bits per heavy atom. The molecule has 8 nitrogen and oxygen atoms in total. The molecule has 1 aliphatic rings. The van der Waals surface area contributed by atoms with Crippen LogP contribution in [0.5, 0.6) is 0 Å². The summed E-state index contributed by atoms with van der Waals surface area (Å²) in [5, 5.41) is 9.03. The van der Waals surface area contributed by atoms with E-state index in [-0.39, 0.29) is 19.0 Å². The highest BCUT2D eigenvalue weighted by molar-refractivity contribution is 6.14. The quantitative estimate of drug-likeness (QED) is 0.197. The summed E-state index contributed by atoms with van der Waals surface area (Å²) in [5.74, 6) is -0.818. The number of furan rings is 1. The lowest BCUT2D eigenvalue weighted by Crippen LogP contribution is -2.45. The molecule has 4 rings (SSSR count). The van der Waals surface area contributed by atoms with Crippen molar-refractivity contribution in [1.82, 2.24) is 4.90 Å². The lowest BCUT2D eigenvalue weighted by molar-refractivity contribution is -0.137. The molecule has 0 radical (unpaired) electrons. The molecule has 1 aromatic heterocycles. The van der Waals surface area contributed by atoms with E-state index in [1.807, 2.05) is 37.3 Å². The fourth-order valence-corrected chi connectivity index (χ4v) is 4.70. The van der Waals surface area contributed by atoms with Crippen molar-refractivity contribution in [3.05, 3.63) is 83.3 Å². The smallest absolute Gasteiger partial charge is 0.417 e. The minimum atomic E-state index is -1.57. The number of carbonyl (C=O) groups excluding carboxylic acids is 3. The number of benzene rings is 2. The summed E-state index contributed by atoms with van der Waals surface area (Å²) < 4.78 is 16.5. The van der Waals surface area contributed by atoms with Gasteiger partial charge >= 0.3 is 6.09 Å². The second-order valence-electron chi connectivity index (χ2n) is 9.40. The van der Waals surface area contributed by atoms with Gasteiger partial charge in [-0.15, -0.1) is 0 Å². The van der Waals surface area contributed by atoms with E-state index in [1.165, 1.54) is 7.11 Å². The van der Waals surface area contributed by atoms with Gasteiger partial charge in [0.1, 0.15) is 18.4 Å². The molecule has 2 amide bonds.